The molecule has 1 unspecified atom stereocenters. The first kappa shape index (κ1) is 8.39. The summed E-state index contributed by atoms with van der Waals surface area (Å²) in [6, 6.07) is -0.773. The molecule has 0 aromatic rings. The number of rotatable bonds is 3. The summed E-state index contributed by atoms with van der Waals surface area (Å²) in [5, 5.41) is 17.7. The smallest absolute Gasteiger partial charge is 0.323 e. The summed E-state index contributed by atoms with van der Waals surface area (Å²) in [6.07, 6.45) is 0.405. The van der Waals surface area contributed by atoms with E-state index in [0.29, 0.717) is 11.5 Å². The fourth-order valence-electron chi connectivity index (χ4n) is 0.599. The maximum atomic E-state index is 10.2. The van der Waals surface area contributed by atoms with Crippen LogP contribution in [0, 0.1) is 0 Å². The van der Waals surface area contributed by atoms with Crippen molar-refractivity contribution in [2.75, 3.05) is 7.05 Å². The van der Waals surface area contributed by atoms with Gasteiger partial charge in [-0.15, -0.1) is 0 Å². The van der Waals surface area contributed by atoms with Crippen LogP contribution in [0.2, 0.25) is 0 Å². The number of likely N-dealkylation sites (N-methyl/N-ethyl adjacent to an activating group) is 1. The van der Waals surface area contributed by atoms with Crippen molar-refractivity contribution in [2.24, 2.45) is 0 Å². The number of hydrogen-bond donors (Lipinski definition) is 2. The van der Waals surface area contributed by atoms with E-state index in [-0.39, 0.29) is 0 Å². The van der Waals surface area contributed by atoms with Crippen LogP contribution in [0.1, 0.15) is 13.3 Å². The molecule has 1 atom stereocenters. The van der Waals surface area contributed by atoms with Crippen LogP contribution in [0.15, 0.2) is 0 Å². The molecule has 0 fully saturated rings. The fourth-order valence-corrected chi connectivity index (χ4v) is 0.599. The van der Waals surface area contributed by atoms with Gasteiger partial charge in [0.25, 0.3) is 0 Å². The molecule has 0 aromatic carbocycles. The molecule has 54 valence electrons. The molecule has 0 saturated heterocycles. The van der Waals surface area contributed by atoms with Crippen molar-refractivity contribution < 1.29 is 15.1 Å². The Morgan fingerprint density at radius 3 is 2.22 bits per heavy atom. The van der Waals surface area contributed by atoms with E-state index >= 15 is 0 Å². The summed E-state index contributed by atoms with van der Waals surface area (Å²) < 4.78 is 0. The second kappa shape index (κ2) is 3.42. The van der Waals surface area contributed by atoms with Crippen LogP contribution in [-0.2, 0) is 4.79 Å². The first-order chi connectivity index (χ1) is 4.09. The molecule has 0 bridgehead atoms. The van der Waals surface area contributed by atoms with Gasteiger partial charge in [-0.3, -0.25) is 4.79 Å². The van der Waals surface area contributed by atoms with Crippen molar-refractivity contribution in [1.82, 2.24) is 5.06 Å². The molecule has 0 rings (SSSR count). The first-order valence-electron chi connectivity index (χ1n) is 2.74. The van der Waals surface area contributed by atoms with Crippen LogP contribution >= 0.6 is 0 Å². The van der Waals surface area contributed by atoms with Crippen molar-refractivity contribution in [1.29, 1.82) is 0 Å². The highest BCUT2D eigenvalue weighted by atomic mass is 16.5. The minimum absolute atomic E-state index is 0.405. The van der Waals surface area contributed by atoms with Gasteiger partial charge in [-0.05, 0) is 6.42 Å². The van der Waals surface area contributed by atoms with Crippen LogP contribution in [0.5, 0.6) is 0 Å². The van der Waals surface area contributed by atoms with E-state index in [1.54, 1.807) is 6.92 Å². The van der Waals surface area contributed by atoms with Gasteiger partial charge in [0.15, 0.2) is 0 Å². The Morgan fingerprint density at radius 2 is 2.22 bits per heavy atom. The number of carbonyl (C=O) groups is 1. The topological polar surface area (TPSA) is 60.8 Å². The van der Waals surface area contributed by atoms with Crippen LogP contribution in [0.3, 0.4) is 0 Å². The SMILES string of the molecule is CCC(C(=O)O)N(C)O. The van der Waals surface area contributed by atoms with Crippen molar-refractivity contribution >= 4 is 5.97 Å². The highest BCUT2D eigenvalue weighted by molar-refractivity contribution is 5.73. The van der Waals surface area contributed by atoms with Gasteiger partial charge in [-0.1, -0.05) is 6.92 Å². The average molecular weight is 133 g/mol. The van der Waals surface area contributed by atoms with Gasteiger partial charge in [0.05, 0.1) is 0 Å². The quantitative estimate of drug-likeness (QED) is 0.539. The third-order valence-corrected chi connectivity index (χ3v) is 1.12. The van der Waals surface area contributed by atoms with E-state index in [0.717, 1.165) is 0 Å². The average Bonchev–Trinajstić information content (AvgIpc) is 1.64. The van der Waals surface area contributed by atoms with Crippen molar-refractivity contribution in [3.8, 4) is 0 Å². The lowest BCUT2D eigenvalue weighted by atomic mass is 10.2. The second-order valence-electron chi connectivity index (χ2n) is 1.84. The first-order valence-corrected chi connectivity index (χ1v) is 2.74. The van der Waals surface area contributed by atoms with Gasteiger partial charge in [0.1, 0.15) is 6.04 Å². The minimum atomic E-state index is -0.998. The third kappa shape index (κ3) is 2.43. The predicted molar refractivity (Wildman–Crippen MR) is 31.3 cm³/mol. The number of hydroxylamine groups is 2. The summed E-state index contributed by atoms with van der Waals surface area (Å²) in [4.78, 5) is 10.2. The lowest BCUT2D eigenvalue weighted by Crippen LogP contribution is -2.35. The molecular formula is C5H11NO3. The van der Waals surface area contributed by atoms with E-state index in [9.17, 15) is 4.79 Å². The van der Waals surface area contributed by atoms with E-state index in [1.165, 1.54) is 7.05 Å². The van der Waals surface area contributed by atoms with E-state index in [2.05, 4.69) is 0 Å². The molecule has 0 heterocycles. The molecule has 0 radical (unpaired) electrons. The summed E-state index contributed by atoms with van der Waals surface area (Å²) in [5.74, 6) is -0.998. The van der Waals surface area contributed by atoms with Gasteiger partial charge in [-0.2, -0.15) is 5.06 Å². The summed E-state index contributed by atoms with van der Waals surface area (Å²) in [7, 11) is 1.32. The Labute approximate surface area is 53.7 Å². The lowest BCUT2D eigenvalue weighted by Gasteiger charge is -2.15. The minimum Gasteiger partial charge on any atom is -0.480 e. The zero-order chi connectivity index (χ0) is 7.44. The molecular weight excluding hydrogens is 122 g/mol. The fraction of sp³-hybridized carbons (Fsp3) is 0.800. The third-order valence-electron chi connectivity index (χ3n) is 1.12. The Morgan fingerprint density at radius 1 is 1.78 bits per heavy atom. The van der Waals surface area contributed by atoms with Crippen LogP contribution < -0.4 is 0 Å². The van der Waals surface area contributed by atoms with Crippen molar-refractivity contribution in [3.05, 3.63) is 0 Å². The molecule has 0 aliphatic rings. The maximum absolute atomic E-state index is 10.2. The number of carboxylic acid groups (broad SMARTS) is 1. The van der Waals surface area contributed by atoms with Gasteiger partial charge in [0.2, 0.25) is 0 Å². The predicted octanol–water partition coefficient (Wildman–Crippen LogP) is 0.171. The highest BCUT2D eigenvalue weighted by Crippen LogP contribution is 1.96. The van der Waals surface area contributed by atoms with Crippen LogP contribution in [-0.4, -0.2) is 34.4 Å². The molecule has 4 nitrogen and oxygen atoms in total. The molecule has 9 heavy (non-hydrogen) atoms. The summed E-state index contributed by atoms with van der Waals surface area (Å²) in [5.41, 5.74) is 0. The van der Waals surface area contributed by atoms with Crippen molar-refractivity contribution in [3.63, 3.8) is 0 Å². The zero-order valence-electron chi connectivity index (χ0n) is 5.53. The summed E-state index contributed by atoms with van der Waals surface area (Å²) >= 11 is 0. The van der Waals surface area contributed by atoms with E-state index in [1.807, 2.05) is 0 Å². The molecule has 0 saturated carbocycles. The summed E-state index contributed by atoms with van der Waals surface area (Å²) in [6.45, 7) is 1.70. The standard InChI is InChI=1S/C5H11NO3/c1-3-4(5(7)8)6(2)9/h4,9H,3H2,1-2H3,(H,7,8). The molecule has 4 heteroatoms. The van der Waals surface area contributed by atoms with Gasteiger partial charge in [0, 0.05) is 7.05 Å². The second-order valence-corrected chi connectivity index (χ2v) is 1.84. The van der Waals surface area contributed by atoms with Gasteiger partial charge in [-0.25, -0.2) is 0 Å². The Kier molecular flexibility index (Phi) is 3.19. The van der Waals surface area contributed by atoms with Crippen LogP contribution in [0.4, 0.5) is 0 Å². The molecule has 0 spiro atoms. The highest BCUT2D eigenvalue weighted by Gasteiger charge is 2.17. The van der Waals surface area contributed by atoms with E-state index < -0.39 is 12.0 Å². The molecule has 0 aromatic heterocycles. The lowest BCUT2D eigenvalue weighted by molar-refractivity contribution is -0.162. The van der Waals surface area contributed by atoms with Gasteiger partial charge >= 0.3 is 5.97 Å². The Hall–Kier alpha value is -0.610. The van der Waals surface area contributed by atoms with E-state index in [4.69, 9.17) is 10.3 Å². The molecule has 0 amide bonds. The Balaban J connectivity index is 3.83. The normalized spacial score (nSPS) is 13.8. The van der Waals surface area contributed by atoms with Gasteiger partial charge < -0.3 is 10.3 Å². The molecule has 0 aliphatic heterocycles. The number of carboxylic acids is 1. The molecule has 2 N–H and O–H groups in total. The number of hydrogen-bond acceptors (Lipinski definition) is 3. The van der Waals surface area contributed by atoms with Crippen LogP contribution in [0.25, 0.3) is 0 Å². The van der Waals surface area contributed by atoms with Crippen molar-refractivity contribution in [2.45, 2.75) is 19.4 Å². The Bertz CT molecular complexity index is 102. The molecule has 0 aliphatic carbocycles. The number of aliphatic carboxylic acids is 1. The maximum Gasteiger partial charge on any atom is 0.323 e. The zero-order valence-corrected chi connectivity index (χ0v) is 5.53. The number of nitrogens with zero attached hydrogens (tertiary/aromatic N) is 1. The monoisotopic (exact) mass is 133 g/mol. The largest absolute Gasteiger partial charge is 0.480 e.